The summed E-state index contributed by atoms with van der Waals surface area (Å²) in [5.74, 6) is 0. The van der Waals surface area contributed by atoms with Gasteiger partial charge in [-0.1, -0.05) is 0 Å². The average Bonchev–Trinajstić information content (AvgIpc) is 2.71. The van der Waals surface area contributed by atoms with Gasteiger partial charge >= 0.3 is 0 Å². The number of aliphatic hydroxyl groups is 3. The maximum atomic E-state index is 7.00. The van der Waals surface area contributed by atoms with Crippen LogP contribution in [0.2, 0.25) is 0 Å². The van der Waals surface area contributed by atoms with E-state index in [9.17, 15) is 0 Å². The standard InChI is InChI=1S/C5H5.3CH4O.Ti/c1-2-4-5-3-1;3*1-2;/h1-5H;3*2H,1H3;/q-1;;;;. The van der Waals surface area contributed by atoms with Gasteiger partial charge in [0.2, 0.25) is 0 Å². The number of hydrogen-bond acceptors (Lipinski definition) is 3. The summed E-state index contributed by atoms with van der Waals surface area (Å²) >= 11 is 0. The Kier molecular flexibility index (Phi) is 83.6. The van der Waals surface area contributed by atoms with Crippen molar-refractivity contribution in [2.24, 2.45) is 0 Å². The fraction of sp³-hybridized carbons (Fsp3) is 0.375. The average molecular weight is 209 g/mol. The van der Waals surface area contributed by atoms with Crippen LogP contribution in [0, 0.1) is 0 Å². The predicted molar refractivity (Wildman–Crippen MR) is 46.5 cm³/mol. The molecule has 0 aliphatic heterocycles. The van der Waals surface area contributed by atoms with Crippen molar-refractivity contribution in [3.8, 4) is 0 Å². The van der Waals surface area contributed by atoms with Gasteiger partial charge in [0.1, 0.15) is 0 Å². The topological polar surface area (TPSA) is 60.7 Å². The van der Waals surface area contributed by atoms with Gasteiger partial charge in [0, 0.05) is 43.0 Å². The van der Waals surface area contributed by atoms with Gasteiger partial charge < -0.3 is 15.3 Å². The van der Waals surface area contributed by atoms with Crippen molar-refractivity contribution in [2.75, 3.05) is 21.3 Å². The molecular formula is C8H17O3Ti-. The molecule has 0 atom stereocenters. The third kappa shape index (κ3) is 32.5. The van der Waals surface area contributed by atoms with Gasteiger partial charge in [-0.15, -0.1) is 0 Å². The quantitative estimate of drug-likeness (QED) is 0.423. The van der Waals surface area contributed by atoms with Crippen LogP contribution in [0.1, 0.15) is 0 Å². The Morgan fingerprint density at radius 3 is 1.08 bits per heavy atom. The molecule has 3 nitrogen and oxygen atoms in total. The van der Waals surface area contributed by atoms with Crippen LogP contribution < -0.4 is 0 Å². The second-order valence-corrected chi connectivity index (χ2v) is 0.962. The molecule has 0 bridgehead atoms. The van der Waals surface area contributed by atoms with Gasteiger partial charge in [0.25, 0.3) is 0 Å². The third-order valence-corrected chi connectivity index (χ3v) is 0.556. The summed E-state index contributed by atoms with van der Waals surface area (Å²) in [6.45, 7) is 0. The normalized spacial score (nSPS) is 4.83. The van der Waals surface area contributed by atoms with E-state index in [0.717, 1.165) is 21.3 Å². The van der Waals surface area contributed by atoms with Crippen LogP contribution in [0.5, 0.6) is 0 Å². The molecule has 12 heavy (non-hydrogen) atoms. The molecule has 1 aromatic rings. The van der Waals surface area contributed by atoms with Crippen molar-refractivity contribution in [2.45, 2.75) is 0 Å². The molecule has 0 unspecified atom stereocenters. The smallest absolute Gasteiger partial charge is 0.0319 e. The Morgan fingerprint density at radius 1 is 0.750 bits per heavy atom. The summed E-state index contributed by atoms with van der Waals surface area (Å²) < 4.78 is 0. The molecule has 0 aliphatic carbocycles. The molecule has 0 amide bonds. The summed E-state index contributed by atoms with van der Waals surface area (Å²) in [5.41, 5.74) is 0. The van der Waals surface area contributed by atoms with Crippen LogP contribution in [0.4, 0.5) is 0 Å². The van der Waals surface area contributed by atoms with Crippen LogP contribution in [0.3, 0.4) is 0 Å². The molecule has 0 spiro atoms. The molecule has 3 N–H and O–H groups in total. The van der Waals surface area contributed by atoms with Crippen molar-refractivity contribution in [1.29, 1.82) is 0 Å². The molecule has 0 radical (unpaired) electrons. The van der Waals surface area contributed by atoms with E-state index in [0.29, 0.717) is 0 Å². The van der Waals surface area contributed by atoms with E-state index in [4.69, 9.17) is 15.3 Å². The van der Waals surface area contributed by atoms with E-state index in [2.05, 4.69) is 0 Å². The predicted octanol–water partition coefficient (Wildman–Crippen LogP) is 0.228. The van der Waals surface area contributed by atoms with E-state index in [1.54, 1.807) is 0 Å². The molecule has 72 valence electrons. The van der Waals surface area contributed by atoms with Crippen LogP contribution >= 0.6 is 0 Å². The Labute approximate surface area is 88.9 Å². The maximum Gasteiger partial charge on any atom is 0.0319 e. The first kappa shape index (κ1) is 22.7. The van der Waals surface area contributed by atoms with Crippen LogP contribution in [-0.2, 0) is 21.7 Å². The number of rotatable bonds is 0. The van der Waals surface area contributed by atoms with E-state index in [1.807, 2.05) is 30.3 Å². The second kappa shape index (κ2) is 44.3. The molecule has 1 aromatic carbocycles. The molecule has 0 heterocycles. The Morgan fingerprint density at radius 2 is 1.00 bits per heavy atom. The molecule has 0 aromatic heterocycles. The monoisotopic (exact) mass is 209 g/mol. The van der Waals surface area contributed by atoms with Gasteiger partial charge in [-0.3, -0.25) is 0 Å². The molecule has 4 heteroatoms. The molecule has 0 saturated carbocycles. The van der Waals surface area contributed by atoms with Gasteiger partial charge in [-0.2, -0.15) is 18.2 Å². The third-order valence-electron chi connectivity index (χ3n) is 0.556. The first-order valence-corrected chi connectivity index (χ1v) is 3.01. The fourth-order valence-electron chi connectivity index (χ4n) is 0.321. The minimum Gasteiger partial charge on any atom is -0.400 e. The SMILES string of the molecule is CO.CO.CO.[Ti].c1cc[cH-]c1. The molecule has 1 rings (SSSR count). The number of aliphatic hydroxyl groups excluding tert-OH is 3. The van der Waals surface area contributed by atoms with E-state index < -0.39 is 0 Å². The number of hydrogen-bond donors (Lipinski definition) is 3. The van der Waals surface area contributed by atoms with Gasteiger partial charge in [0.05, 0.1) is 0 Å². The van der Waals surface area contributed by atoms with Gasteiger partial charge in [-0.25, -0.2) is 12.1 Å². The van der Waals surface area contributed by atoms with Crippen molar-refractivity contribution in [3.63, 3.8) is 0 Å². The summed E-state index contributed by atoms with van der Waals surface area (Å²) in [6.07, 6.45) is 0. The molecule has 0 fully saturated rings. The first-order valence-electron chi connectivity index (χ1n) is 3.01. The van der Waals surface area contributed by atoms with Crippen molar-refractivity contribution in [3.05, 3.63) is 30.3 Å². The first-order chi connectivity index (χ1) is 5.50. The zero-order chi connectivity index (χ0) is 9.54. The zero-order valence-electron chi connectivity index (χ0n) is 7.73. The minimum atomic E-state index is 0. The van der Waals surface area contributed by atoms with E-state index in [-0.39, 0.29) is 21.7 Å². The zero-order valence-corrected chi connectivity index (χ0v) is 9.29. The van der Waals surface area contributed by atoms with Crippen molar-refractivity contribution < 1.29 is 37.0 Å². The van der Waals surface area contributed by atoms with Crippen molar-refractivity contribution in [1.82, 2.24) is 0 Å². The van der Waals surface area contributed by atoms with Gasteiger partial charge in [0.15, 0.2) is 0 Å². The molecular weight excluding hydrogens is 192 g/mol. The second-order valence-electron chi connectivity index (χ2n) is 0.962. The fourth-order valence-corrected chi connectivity index (χ4v) is 0.321. The molecule has 0 saturated heterocycles. The summed E-state index contributed by atoms with van der Waals surface area (Å²) in [4.78, 5) is 0. The van der Waals surface area contributed by atoms with Crippen LogP contribution in [0.15, 0.2) is 30.3 Å². The Hall–Kier alpha value is -0.0557. The van der Waals surface area contributed by atoms with E-state index in [1.165, 1.54) is 0 Å². The van der Waals surface area contributed by atoms with Crippen LogP contribution in [0.25, 0.3) is 0 Å². The van der Waals surface area contributed by atoms with Gasteiger partial charge in [-0.05, 0) is 0 Å². The Balaban J connectivity index is -0.0000000406. The summed E-state index contributed by atoms with van der Waals surface area (Å²) in [5, 5.41) is 21.0. The van der Waals surface area contributed by atoms with Crippen LogP contribution in [-0.4, -0.2) is 36.6 Å². The molecule has 0 aliphatic rings. The summed E-state index contributed by atoms with van der Waals surface area (Å²) in [7, 11) is 3.00. The van der Waals surface area contributed by atoms with Crippen molar-refractivity contribution >= 4 is 0 Å². The largest absolute Gasteiger partial charge is 0.400 e. The minimum absolute atomic E-state index is 0. The van der Waals surface area contributed by atoms with E-state index >= 15 is 0 Å². The summed E-state index contributed by atoms with van der Waals surface area (Å²) in [6, 6.07) is 10.0. The Bertz CT molecular complexity index is 70.8. The maximum absolute atomic E-state index is 7.00.